The molecule has 0 radical (unpaired) electrons. The minimum absolute atomic E-state index is 0.120. The van der Waals surface area contributed by atoms with E-state index >= 15 is 0 Å². The minimum atomic E-state index is -0.326. The average molecular weight is 569 g/mol. The highest BCUT2D eigenvalue weighted by Crippen LogP contribution is 2.24. The third kappa shape index (κ3) is 7.12. The maximum Gasteiger partial charge on any atom is 0.254 e. The van der Waals surface area contributed by atoms with Crippen LogP contribution in [-0.4, -0.2) is 67.1 Å². The summed E-state index contributed by atoms with van der Waals surface area (Å²) in [4.78, 5) is 33.7. The first-order valence-corrected chi connectivity index (χ1v) is 13.3. The quantitative estimate of drug-likeness (QED) is 0.233. The van der Waals surface area contributed by atoms with E-state index in [-0.39, 0.29) is 36.5 Å². The van der Waals surface area contributed by atoms with Crippen molar-refractivity contribution in [3.05, 3.63) is 99.7 Å². The number of aromatic nitrogens is 1. The van der Waals surface area contributed by atoms with Gasteiger partial charge in [0.25, 0.3) is 5.91 Å². The molecule has 4 aromatic rings. The summed E-state index contributed by atoms with van der Waals surface area (Å²) in [6.07, 6.45) is 2.62. The number of methoxy groups -OCH3 is 2. The molecule has 0 atom stereocenters. The van der Waals surface area contributed by atoms with Crippen molar-refractivity contribution in [2.24, 2.45) is 0 Å². The highest BCUT2D eigenvalue weighted by Gasteiger charge is 2.24. The molecule has 1 aromatic heterocycles. The zero-order chi connectivity index (χ0) is 27.8. The number of nitrogens with one attached hydrogen (secondary N) is 1. The van der Waals surface area contributed by atoms with Gasteiger partial charge in [0.15, 0.2) is 0 Å². The largest absolute Gasteiger partial charge is 0.496 e. The van der Waals surface area contributed by atoms with E-state index in [0.717, 1.165) is 22.0 Å². The predicted octanol–water partition coefficient (Wildman–Crippen LogP) is 5.84. The van der Waals surface area contributed by atoms with E-state index in [0.29, 0.717) is 35.8 Å². The van der Waals surface area contributed by atoms with E-state index < -0.39 is 0 Å². The summed E-state index contributed by atoms with van der Waals surface area (Å²) in [6.45, 7) is 1.20. The van der Waals surface area contributed by atoms with Crippen LogP contribution in [0.3, 0.4) is 0 Å². The molecule has 2 amide bonds. The Hall–Kier alpha value is -3.52. The zero-order valence-corrected chi connectivity index (χ0v) is 23.5. The van der Waals surface area contributed by atoms with Crippen LogP contribution in [0, 0.1) is 0 Å². The van der Waals surface area contributed by atoms with Gasteiger partial charge >= 0.3 is 0 Å². The maximum absolute atomic E-state index is 13.8. The van der Waals surface area contributed by atoms with Gasteiger partial charge in [0.05, 0.1) is 23.8 Å². The van der Waals surface area contributed by atoms with Gasteiger partial charge in [0, 0.05) is 55.0 Å². The Morgan fingerprint density at radius 1 is 0.872 bits per heavy atom. The standard InChI is InChI=1S/C30H31Cl2N3O4/c1-38-16-15-35(30(37)21-11-12-25(31)26(32)17-21)20-29(36)34(19-23-7-3-6-10-28(23)39-2)14-13-22-18-33-27-9-5-4-8-24(22)27/h3-12,17-18,33H,13-16,19-20H2,1-2H3. The number of fused-ring (bicyclic) bond motifs is 1. The number of benzene rings is 3. The SMILES string of the molecule is COCCN(CC(=O)N(CCc1c[nH]c2ccccc12)Cc1ccccc1OC)C(=O)c1ccc(Cl)c(Cl)c1. The van der Waals surface area contributed by atoms with Crippen molar-refractivity contribution in [2.75, 3.05) is 40.5 Å². The van der Waals surface area contributed by atoms with E-state index in [1.165, 1.54) is 11.0 Å². The van der Waals surface area contributed by atoms with Crippen molar-refractivity contribution < 1.29 is 19.1 Å². The molecule has 0 aliphatic heterocycles. The fraction of sp³-hybridized carbons (Fsp3) is 0.267. The number of H-pyrrole nitrogens is 1. The number of nitrogens with zero attached hydrogens (tertiary/aromatic N) is 2. The molecular weight excluding hydrogens is 537 g/mol. The first-order chi connectivity index (χ1) is 18.9. The molecule has 3 aromatic carbocycles. The summed E-state index contributed by atoms with van der Waals surface area (Å²) in [5.41, 5.74) is 3.40. The van der Waals surface area contributed by atoms with Gasteiger partial charge in [-0.1, -0.05) is 59.6 Å². The smallest absolute Gasteiger partial charge is 0.254 e. The van der Waals surface area contributed by atoms with Crippen LogP contribution >= 0.6 is 23.2 Å². The summed E-state index contributed by atoms with van der Waals surface area (Å²) < 4.78 is 10.8. The second-order valence-electron chi connectivity index (χ2n) is 9.09. The molecule has 0 unspecified atom stereocenters. The molecule has 1 heterocycles. The van der Waals surface area contributed by atoms with Gasteiger partial charge in [0.1, 0.15) is 12.3 Å². The van der Waals surface area contributed by atoms with Crippen LogP contribution in [0.5, 0.6) is 5.75 Å². The molecule has 0 saturated carbocycles. The van der Waals surface area contributed by atoms with Crippen molar-refractivity contribution in [2.45, 2.75) is 13.0 Å². The highest BCUT2D eigenvalue weighted by molar-refractivity contribution is 6.42. The summed E-state index contributed by atoms with van der Waals surface area (Å²) in [6, 6.07) is 20.4. The maximum atomic E-state index is 13.8. The fourth-order valence-corrected chi connectivity index (χ4v) is 4.75. The first-order valence-electron chi connectivity index (χ1n) is 12.6. The first kappa shape index (κ1) is 28.5. The summed E-state index contributed by atoms with van der Waals surface area (Å²) in [7, 11) is 3.16. The third-order valence-electron chi connectivity index (χ3n) is 6.58. The highest BCUT2D eigenvalue weighted by atomic mass is 35.5. The molecule has 39 heavy (non-hydrogen) atoms. The third-order valence-corrected chi connectivity index (χ3v) is 7.32. The number of aromatic amines is 1. The molecule has 0 spiro atoms. The number of carbonyl (C=O) groups is 2. The van der Waals surface area contributed by atoms with Crippen molar-refractivity contribution in [1.82, 2.24) is 14.8 Å². The molecule has 0 aliphatic rings. The zero-order valence-electron chi connectivity index (χ0n) is 22.0. The molecule has 0 bridgehead atoms. The second-order valence-corrected chi connectivity index (χ2v) is 9.90. The van der Waals surface area contributed by atoms with E-state index in [1.807, 2.05) is 48.7 Å². The van der Waals surface area contributed by atoms with Crippen LogP contribution in [0.1, 0.15) is 21.5 Å². The van der Waals surface area contributed by atoms with Crippen LogP contribution in [0.15, 0.2) is 72.9 Å². The number of ether oxygens (including phenoxy) is 2. The van der Waals surface area contributed by atoms with Gasteiger partial charge in [-0.05, 0) is 42.3 Å². The summed E-state index contributed by atoms with van der Waals surface area (Å²) in [5, 5.41) is 1.75. The Morgan fingerprint density at radius 2 is 1.64 bits per heavy atom. The molecule has 9 heteroatoms. The minimum Gasteiger partial charge on any atom is -0.496 e. The van der Waals surface area contributed by atoms with E-state index in [4.69, 9.17) is 32.7 Å². The number of hydrogen-bond donors (Lipinski definition) is 1. The Morgan fingerprint density at radius 3 is 2.41 bits per heavy atom. The van der Waals surface area contributed by atoms with E-state index in [2.05, 4.69) is 11.1 Å². The molecule has 0 fully saturated rings. The molecule has 1 N–H and O–H groups in total. The van der Waals surface area contributed by atoms with Crippen molar-refractivity contribution >= 4 is 45.9 Å². The van der Waals surface area contributed by atoms with Crippen LogP contribution in [0.2, 0.25) is 10.0 Å². The van der Waals surface area contributed by atoms with Crippen LogP contribution in [-0.2, 0) is 22.5 Å². The van der Waals surface area contributed by atoms with E-state index in [9.17, 15) is 9.59 Å². The number of rotatable bonds is 12. The summed E-state index contributed by atoms with van der Waals surface area (Å²) in [5.74, 6) is 0.184. The molecular formula is C30H31Cl2N3O4. The molecule has 4 rings (SSSR count). The Balaban J connectivity index is 1.58. The Bertz CT molecular complexity index is 1440. The number of para-hydroxylation sites is 2. The molecule has 0 aliphatic carbocycles. The average Bonchev–Trinajstić information content (AvgIpc) is 3.37. The normalized spacial score (nSPS) is 11.0. The summed E-state index contributed by atoms with van der Waals surface area (Å²) >= 11 is 12.2. The molecule has 0 saturated heterocycles. The second kappa shape index (κ2) is 13.5. The van der Waals surface area contributed by atoms with Crippen LogP contribution in [0.25, 0.3) is 10.9 Å². The fourth-order valence-electron chi connectivity index (χ4n) is 4.45. The van der Waals surface area contributed by atoms with Crippen molar-refractivity contribution in [3.63, 3.8) is 0 Å². The van der Waals surface area contributed by atoms with Gasteiger partial charge in [0.2, 0.25) is 5.91 Å². The lowest BCUT2D eigenvalue weighted by atomic mass is 10.1. The number of carbonyl (C=O) groups excluding carboxylic acids is 2. The van der Waals surface area contributed by atoms with Crippen molar-refractivity contribution in [1.29, 1.82) is 0 Å². The van der Waals surface area contributed by atoms with Gasteiger partial charge in [-0.2, -0.15) is 0 Å². The lowest BCUT2D eigenvalue weighted by molar-refractivity contribution is -0.132. The number of hydrogen-bond acceptors (Lipinski definition) is 4. The van der Waals surface area contributed by atoms with Crippen LogP contribution in [0.4, 0.5) is 0 Å². The Labute approximate surface area is 238 Å². The van der Waals surface area contributed by atoms with Crippen molar-refractivity contribution in [3.8, 4) is 5.75 Å². The number of amides is 2. The molecule has 204 valence electrons. The van der Waals surface area contributed by atoms with Gasteiger partial charge < -0.3 is 24.3 Å². The lowest BCUT2D eigenvalue weighted by Crippen LogP contribution is -2.44. The Kier molecular flexibility index (Phi) is 9.87. The molecule has 7 nitrogen and oxygen atoms in total. The topological polar surface area (TPSA) is 74.9 Å². The number of halogens is 2. The lowest BCUT2D eigenvalue weighted by Gasteiger charge is -2.28. The monoisotopic (exact) mass is 567 g/mol. The van der Waals surface area contributed by atoms with Crippen LogP contribution < -0.4 is 4.74 Å². The van der Waals surface area contributed by atoms with Gasteiger partial charge in [-0.3, -0.25) is 9.59 Å². The van der Waals surface area contributed by atoms with E-state index in [1.54, 1.807) is 31.3 Å². The van der Waals surface area contributed by atoms with Gasteiger partial charge in [-0.15, -0.1) is 0 Å². The predicted molar refractivity (Wildman–Crippen MR) is 155 cm³/mol. The van der Waals surface area contributed by atoms with Gasteiger partial charge in [-0.25, -0.2) is 0 Å².